The largest absolute Gasteiger partial charge is 0.351 e. The molecule has 3 nitrogen and oxygen atoms in total. The number of hydrogen-bond donors (Lipinski definition) is 1. The minimum atomic E-state index is 0.164. The Bertz CT molecular complexity index is 660. The van der Waals surface area contributed by atoms with E-state index in [-0.39, 0.29) is 5.28 Å². The molecule has 0 fully saturated rings. The molecule has 0 aliphatic carbocycles. The molecule has 0 radical (unpaired) electrons. The number of para-hydroxylation sites is 1. The molecule has 2 aromatic heterocycles. The maximum Gasteiger partial charge on any atom is 0.224 e. The van der Waals surface area contributed by atoms with Crippen molar-refractivity contribution in [3.63, 3.8) is 0 Å². The summed E-state index contributed by atoms with van der Waals surface area (Å²) in [5.74, 6) is 0. The van der Waals surface area contributed by atoms with Crippen LogP contribution in [-0.4, -0.2) is 15.0 Å². The van der Waals surface area contributed by atoms with E-state index in [2.05, 4.69) is 15.0 Å². The molecule has 0 bridgehead atoms. The van der Waals surface area contributed by atoms with Gasteiger partial charge in [-0.15, -0.1) is 0 Å². The zero-order valence-electron chi connectivity index (χ0n) is 7.46. The van der Waals surface area contributed by atoms with Crippen molar-refractivity contribution in [2.24, 2.45) is 0 Å². The normalized spacial score (nSPS) is 11.3. The SMILES string of the molecule is Clc1nc(Cl)c2[nH]c3ccccc3c2n1. The molecule has 3 rings (SSSR count). The van der Waals surface area contributed by atoms with Gasteiger partial charge in [0.15, 0.2) is 5.15 Å². The van der Waals surface area contributed by atoms with E-state index in [9.17, 15) is 0 Å². The van der Waals surface area contributed by atoms with Gasteiger partial charge in [-0.05, 0) is 17.7 Å². The van der Waals surface area contributed by atoms with E-state index >= 15 is 0 Å². The average molecular weight is 238 g/mol. The summed E-state index contributed by atoms with van der Waals surface area (Å²) in [6, 6.07) is 7.81. The topological polar surface area (TPSA) is 41.6 Å². The summed E-state index contributed by atoms with van der Waals surface area (Å²) in [7, 11) is 0. The standard InChI is InChI=1S/C10H5Cl2N3/c11-9-8-7(14-10(12)15-9)5-3-1-2-4-6(5)13-8/h1-4,13H. The maximum absolute atomic E-state index is 5.97. The molecule has 0 atom stereocenters. The number of rotatable bonds is 0. The van der Waals surface area contributed by atoms with Gasteiger partial charge < -0.3 is 4.98 Å². The van der Waals surface area contributed by atoms with E-state index in [0.717, 1.165) is 21.9 Å². The highest BCUT2D eigenvalue weighted by molar-refractivity contribution is 6.36. The first kappa shape index (κ1) is 8.95. The van der Waals surface area contributed by atoms with Gasteiger partial charge in [0, 0.05) is 10.9 Å². The van der Waals surface area contributed by atoms with Crippen molar-refractivity contribution in [2.45, 2.75) is 0 Å². The Kier molecular flexibility index (Phi) is 1.84. The molecule has 1 N–H and O–H groups in total. The van der Waals surface area contributed by atoms with Gasteiger partial charge in [-0.2, -0.15) is 0 Å². The molecule has 1 aromatic carbocycles. The predicted molar refractivity (Wildman–Crippen MR) is 61.4 cm³/mol. The Morgan fingerprint density at radius 1 is 1.07 bits per heavy atom. The maximum atomic E-state index is 5.97. The fraction of sp³-hybridized carbons (Fsp3) is 0. The molecule has 74 valence electrons. The van der Waals surface area contributed by atoms with Gasteiger partial charge >= 0.3 is 0 Å². The number of nitrogens with one attached hydrogen (secondary N) is 1. The lowest BCUT2D eigenvalue weighted by Gasteiger charge is -1.93. The third-order valence-corrected chi connectivity index (χ3v) is 2.72. The van der Waals surface area contributed by atoms with Gasteiger partial charge in [0.1, 0.15) is 11.0 Å². The first-order valence-corrected chi connectivity index (χ1v) is 5.11. The van der Waals surface area contributed by atoms with Crippen LogP contribution in [0.15, 0.2) is 24.3 Å². The van der Waals surface area contributed by atoms with Gasteiger partial charge in [-0.1, -0.05) is 29.8 Å². The Labute approximate surface area is 95.0 Å². The molecular formula is C10H5Cl2N3. The number of benzene rings is 1. The number of halogens is 2. The van der Waals surface area contributed by atoms with E-state index in [1.807, 2.05) is 24.3 Å². The molecule has 0 amide bonds. The van der Waals surface area contributed by atoms with Crippen LogP contribution in [0.3, 0.4) is 0 Å². The quantitative estimate of drug-likeness (QED) is 0.481. The Hall–Kier alpha value is -1.32. The van der Waals surface area contributed by atoms with E-state index < -0.39 is 0 Å². The lowest BCUT2D eigenvalue weighted by molar-refractivity contribution is 1.22. The second-order valence-corrected chi connectivity index (χ2v) is 3.87. The molecule has 3 aromatic rings. The van der Waals surface area contributed by atoms with E-state index in [1.165, 1.54) is 0 Å². The zero-order chi connectivity index (χ0) is 10.4. The number of H-pyrrole nitrogens is 1. The number of fused-ring (bicyclic) bond motifs is 3. The van der Waals surface area contributed by atoms with E-state index in [0.29, 0.717) is 5.15 Å². The third-order valence-electron chi connectivity index (χ3n) is 2.28. The van der Waals surface area contributed by atoms with Crippen LogP contribution in [0, 0.1) is 0 Å². The highest BCUT2D eigenvalue weighted by Gasteiger charge is 2.10. The number of aromatic amines is 1. The Morgan fingerprint density at radius 2 is 1.87 bits per heavy atom. The van der Waals surface area contributed by atoms with Crippen LogP contribution < -0.4 is 0 Å². The molecule has 5 heteroatoms. The summed E-state index contributed by atoms with van der Waals surface area (Å²) in [5.41, 5.74) is 2.46. The lowest BCUT2D eigenvalue weighted by atomic mass is 10.2. The molecule has 0 unspecified atom stereocenters. The lowest BCUT2D eigenvalue weighted by Crippen LogP contribution is -1.84. The van der Waals surface area contributed by atoms with Crippen molar-refractivity contribution in [2.75, 3.05) is 0 Å². The highest BCUT2D eigenvalue weighted by Crippen LogP contribution is 2.28. The molecule has 15 heavy (non-hydrogen) atoms. The van der Waals surface area contributed by atoms with Crippen molar-refractivity contribution in [1.29, 1.82) is 0 Å². The molecule has 0 saturated heterocycles. The van der Waals surface area contributed by atoms with E-state index in [1.54, 1.807) is 0 Å². The van der Waals surface area contributed by atoms with E-state index in [4.69, 9.17) is 23.2 Å². The number of nitrogens with zero attached hydrogens (tertiary/aromatic N) is 2. The Balaban J connectivity index is 2.61. The van der Waals surface area contributed by atoms with Crippen LogP contribution in [0.5, 0.6) is 0 Å². The van der Waals surface area contributed by atoms with Gasteiger partial charge in [0.2, 0.25) is 5.28 Å². The average Bonchev–Trinajstić information content (AvgIpc) is 2.57. The molecule has 2 heterocycles. The van der Waals surface area contributed by atoms with Crippen molar-refractivity contribution >= 4 is 45.1 Å². The van der Waals surface area contributed by atoms with Gasteiger partial charge in [0.05, 0.1) is 0 Å². The van der Waals surface area contributed by atoms with Gasteiger partial charge in [-0.25, -0.2) is 9.97 Å². The van der Waals surface area contributed by atoms with Crippen molar-refractivity contribution in [3.05, 3.63) is 34.7 Å². The van der Waals surface area contributed by atoms with Crippen LogP contribution in [0.4, 0.5) is 0 Å². The predicted octanol–water partition coefficient (Wildman–Crippen LogP) is 3.42. The van der Waals surface area contributed by atoms with Crippen molar-refractivity contribution in [3.8, 4) is 0 Å². The van der Waals surface area contributed by atoms with Crippen LogP contribution in [0.1, 0.15) is 0 Å². The van der Waals surface area contributed by atoms with Crippen LogP contribution in [0.25, 0.3) is 21.9 Å². The van der Waals surface area contributed by atoms with Crippen LogP contribution in [-0.2, 0) is 0 Å². The fourth-order valence-electron chi connectivity index (χ4n) is 1.65. The number of hydrogen-bond acceptors (Lipinski definition) is 2. The fourth-order valence-corrected chi connectivity index (χ4v) is 2.08. The first-order valence-electron chi connectivity index (χ1n) is 4.35. The number of aromatic nitrogens is 3. The van der Waals surface area contributed by atoms with Crippen LogP contribution in [0.2, 0.25) is 10.4 Å². The smallest absolute Gasteiger partial charge is 0.224 e. The first-order chi connectivity index (χ1) is 7.25. The minimum absolute atomic E-state index is 0.164. The summed E-state index contributed by atoms with van der Waals surface area (Å²) in [6.07, 6.45) is 0. The van der Waals surface area contributed by atoms with Crippen molar-refractivity contribution in [1.82, 2.24) is 15.0 Å². The van der Waals surface area contributed by atoms with Crippen LogP contribution >= 0.6 is 23.2 Å². The Morgan fingerprint density at radius 3 is 2.73 bits per heavy atom. The van der Waals surface area contributed by atoms with Crippen molar-refractivity contribution < 1.29 is 0 Å². The summed E-state index contributed by atoms with van der Waals surface area (Å²) in [4.78, 5) is 11.2. The summed E-state index contributed by atoms with van der Waals surface area (Å²) in [5, 5.41) is 1.51. The molecule has 0 aliphatic heterocycles. The second kappa shape index (κ2) is 3.08. The zero-order valence-corrected chi connectivity index (χ0v) is 8.97. The third kappa shape index (κ3) is 1.28. The second-order valence-electron chi connectivity index (χ2n) is 3.18. The highest BCUT2D eigenvalue weighted by atomic mass is 35.5. The molecule has 0 aliphatic rings. The van der Waals surface area contributed by atoms with Gasteiger partial charge in [-0.3, -0.25) is 0 Å². The minimum Gasteiger partial charge on any atom is -0.351 e. The molecule has 0 saturated carbocycles. The summed E-state index contributed by atoms with van der Waals surface area (Å²) >= 11 is 11.7. The molecular weight excluding hydrogens is 233 g/mol. The summed E-state index contributed by atoms with van der Waals surface area (Å²) in [6.45, 7) is 0. The molecule has 0 spiro atoms. The monoisotopic (exact) mass is 237 g/mol. The van der Waals surface area contributed by atoms with Gasteiger partial charge in [0.25, 0.3) is 0 Å². The summed E-state index contributed by atoms with van der Waals surface area (Å²) < 4.78 is 0.